The van der Waals surface area contributed by atoms with Gasteiger partial charge in [0.1, 0.15) is 0 Å². The van der Waals surface area contributed by atoms with Gasteiger partial charge in [-0.25, -0.2) is 4.79 Å². The highest BCUT2D eigenvalue weighted by molar-refractivity contribution is 5.67. The normalized spacial score (nSPS) is 12.7. The largest absolute Gasteiger partial charge is 0.450 e. The number of carbonyl (C=O) groups is 1. The van der Waals surface area contributed by atoms with E-state index in [4.69, 9.17) is 4.74 Å². The highest BCUT2D eigenvalue weighted by Crippen LogP contribution is 1.92. The minimum absolute atomic E-state index is 0.168. The van der Waals surface area contributed by atoms with Crippen LogP contribution in [0.15, 0.2) is 0 Å². The van der Waals surface area contributed by atoms with Crippen LogP contribution < -0.4 is 5.32 Å². The Morgan fingerprint density at radius 3 is 2.62 bits per heavy atom. The first-order chi connectivity index (χ1) is 6.06. The number of amides is 1. The fraction of sp³-hybridized carbons (Fsp3) is 0.889. The van der Waals surface area contributed by atoms with Crippen molar-refractivity contribution in [1.82, 2.24) is 10.2 Å². The second-order valence-electron chi connectivity index (χ2n) is 3.36. The van der Waals surface area contributed by atoms with Gasteiger partial charge >= 0.3 is 6.09 Å². The lowest BCUT2D eigenvalue weighted by Gasteiger charge is -2.16. The molecule has 1 atom stereocenters. The van der Waals surface area contributed by atoms with Crippen LogP contribution in [0.25, 0.3) is 0 Å². The van der Waals surface area contributed by atoms with E-state index in [9.17, 15) is 4.79 Å². The van der Waals surface area contributed by atoms with Crippen LogP contribution in [0.4, 0.5) is 4.79 Å². The van der Waals surface area contributed by atoms with E-state index >= 15 is 0 Å². The molecule has 0 radical (unpaired) electrons. The lowest BCUT2D eigenvalue weighted by Crippen LogP contribution is -2.35. The van der Waals surface area contributed by atoms with Gasteiger partial charge in [0, 0.05) is 6.04 Å². The Morgan fingerprint density at radius 1 is 1.54 bits per heavy atom. The number of alkyl carbamates (subject to hydrolysis) is 1. The molecule has 1 N–H and O–H groups in total. The maximum Gasteiger partial charge on any atom is 0.407 e. The predicted octanol–water partition coefficient (Wildman–Crippen LogP) is 1.07. The number of hydrogen-bond donors (Lipinski definition) is 1. The van der Waals surface area contributed by atoms with Crippen molar-refractivity contribution in [2.45, 2.75) is 26.3 Å². The Morgan fingerprint density at radius 2 is 2.15 bits per heavy atom. The molecule has 0 aromatic rings. The summed E-state index contributed by atoms with van der Waals surface area (Å²) in [7, 11) is 4.02. The average Bonchev–Trinajstić information content (AvgIpc) is 2.01. The van der Waals surface area contributed by atoms with Crippen molar-refractivity contribution in [3.63, 3.8) is 0 Å². The van der Waals surface area contributed by atoms with Crippen LogP contribution in [0, 0.1) is 0 Å². The molecule has 0 bridgehead atoms. The van der Waals surface area contributed by atoms with Crippen molar-refractivity contribution in [1.29, 1.82) is 0 Å². The summed E-state index contributed by atoms with van der Waals surface area (Å²) in [6.45, 7) is 5.16. The summed E-state index contributed by atoms with van der Waals surface area (Å²) < 4.78 is 4.76. The first-order valence-corrected chi connectivity index (χ1v) is 4.64. The van der Waals surface area contributed by atoms with Gasteiger partial charge in [-0.2, -0.15) is 0 Å². The molecule has 0 rings (SSSR count). The van der Waals surface area contributed by atoms with Crippen LogP contribution in [0.1, 0.15) is 20.3 Å². The fourth-order valence-electron chi connectivity index (χ4n) is 0.898. The number of nitrogens with one attached hydrogen (secondary N) is 1. The summed E-state index contributed by atoms with van der Waals surface area (Å²) in [6, 6.07) is 0.168. The molecule has 0 aromatic carbocycles. The van der Waals surface area contributed by atoms with Crippen molar-refractivity contribution in [2.24, 2.45) is 0 Å². The second-order valence-corrected chi connectivity index (χ2v) is 3.36. The fourth-order valence-corrected chi connectivity index (χ4v) is 0.898. The molecule has 1 unspecified atom stereocenters. The van der Waals surface area contributed by atoms with E-state index in [1.165, 1.54) is 0 Å². The zero-order chi connectivity index (χ0) is 10.3. The molecule has 0 fully saturated rings. The number of nitrogens with zero attached hydrogens (tertiary/aromatic N) is 1. The third-order valence-corrected chi connectivity index (χ3v) is 1.65. The Balaban J connectivity index is 3.49. The number of rotatable bonds is 5. The average molecular weight is 188 g/mol. The van der Waals surface area contributed by atoms with Crippen LogP contribution >= 0.6 is 0 Å². The van der Waals surface area contributed by atoms with Gasteiger partial charge in [0.15, 0.2) is 0 Å². The lowest BCUT2D eigenvalue weighted by atomic mass is 10.2. The van der Waals surface area contributed by atoms with Crippen LogP contribution in [0.3, 0.4) is 0 Å². The smallest absolute Gasteiger partial charge is 0.407 e. The van der Waals surface area contributed by atoms with Crippen LogP contribution in [-0.2, 0) is 4.74 Å². The Kier molecular flexibility index (Phi) is 6.32. The molecule has 0 spiro atoms. The van der Waals surface area contributed by atoms with E-state index < -0.39 is 0 Å². The minimum atomic E-state index is -0.325. The molecular formula is C9H20N2O2. The summed E-state index contributed by atoms with van der Waals surface area (Å²) in [5, 5.41) is 2.75. The highest BCUT2D eigenvalue weighted by Gasteiger charge is 2.06. The van der Waals surface area contributed by atoms with E-state index in [0.717, 1.165) is 13.0 Å². The molecular weight excluding hydrogens is 168 g/mol. The quantitative estimate of drug-likeness (QED) is 0.701. The van der Waals surface area contributed by atoms with Crippen molar-refractivity contribution < 1.29 is 9.53 Å². The summed E-state index contributed by atoms with van der Waals surface area (Å²) in [5.74, 6) is 0. The molecule has 13 heavy (non-hydrogen) atoms. The zero-order valence-electron chi connectivity index (χ0n) is 8.96. The van der Waals surface area contributed by atoms with Gasteiger partial charge in [0.2, 0.25) is 0 Å². The molecule has 0 aromatic heterocycles. The topological polar surface area (TPSA) is 41.6 Å². The van der Waals surface area contributed by atoms with Crippen LogP contribution in [0.5, 0.6) is 0 Å². The molecule has 0 saturated heterocycles. The van der Waals surface area contributed by atoms with Crippen molar-refractivity contribution in [3.8, 4) is 0 Å². The van der Waals surface area contributed by atoms with E-state index in [-0.39, 0.29) is 12.1 Å². The third-order valence-electron chi connectivity index (χ3n) is 1.65. The standard InChI is InChI=1S/C9H20N2O2/c1-5-13-9(12)10-8(2)6-7-11(3)4/h8H,5-7H2,1-4H3,(H,10,12). The molecule has 0 aliphatic heterocycles. The summed E-state index contributed by atoms with van der Waals surface area (Å²) in [5.41, 5.74) is 0. The Hall–Kier alpha value is -0.770. The van der Waals surface area contributed by atoms with Gasteiger partial charge in [0.25, 0.3) is 0 Å². The van der Waals surface area contributed by atoms with Gasteiger partial charge < -0.3 is 15.0 Å². The Labute approximate surface area is 80.2 Å². The van der Waals surface area contributed by atoms with Crippen molar-refractivity contribution in [2.75, 3.05) is 27.2 Å². The van der Waals surface area contributed by atoms with Gasteiger partial charge in [-0.1, -0.05) is 0 Å². The summed E-state index contributed by atoms with van der Waals surface area (Å²) in [6.07, 6.45) is 0.611. The lowest BCUT2D eigenvalue weighted by molar-refractivity contribution is 0.147. The Bertz CT molecular complexity index is 149. The van der Waals surface area contributed by atoms with Gasteiger partial charge in [-0.05, 0) is 40.9 Å². The van der Waals surface area contributed by atoms with E-state index in [1.807, 2.05) is 21.0 Å². The van der Waals surface area contributed by atoms with Crippen molar-refractivity contribution >= 4 is 6.09 Å². The number of carbonyl (C=O) groups excluding carboxylic acids is 1. The zero-order valence-corrected chi connectivity index (χ0v) is 8.96. The molecule has 0 heterocycles. The van der Waals surface area contributed by atoms with Crippen LogP contribution in [-0.4, -0.2) is 44.3 Å². The van der Waals surface area contributed by atoms with Crippen molar-refractivity contribution in [3.05, 3.63) is 0 Å². The highest BCUT2D eigenvalue weighted by atomic mass is 16.5. The second kappa shape index (κ2) is 6.71. The summed E-state index contributed by atoms with van der Waals surface area (Å²) >= 11 is 0. The van der Waals surface area contributed by atoms with E-state index in [2.05, 4.69) is 10.2 Å². The molecule has 4 nitrogen and oxygen atoms in total. The molecule has 1 amide bonds. The van der Waals surface area contributed by atoms with Gasteiger partial charge in [-0.15, -0.1) is 0 Å². The third kappa shape index (κ3) is 7.59. The molecule has 78 valence electrons. The van der Waals surface area contributed by atoms with Gasteiger partial charge in [0.05, 0.1) is 6.61 Å². The number of hydrogen-bond acceptors (Lipinski definition) is 3. The molecule has 0 saturated carbocycles. The molecule has 0 aliphatic rings. The van der Waals surface area contributed by atoms with E-state index in [1.54, 1.807) is 6.92 Å². The molecule has 0 aliphatic carbocycles. The predicted molar refractivity (Wildman–Crippen MR) is 52.8 cm³/mol. The molecule has 4 heteroatoms. The maximum absolute atomic E-state index is 11.0. The maximum atomic E-state index is 11.0. The first-order valence-electron chi connectivity index (χ1n) is 4.64. The minimum Gasteiger partial charge on any atom is -0.450 e. The SMILES string of the molecule is CCOC(=O)NC(C)CCN(C)C. The first kappa shape index (κ1) is 12.2. The van der Waals surface area contributed by atoms with E-state index in [0.29, 0.717) is 6.61 Å². The van der Waals surface area contributed by atoms with Gasteiger partial charge in [-0.3, -0.25) is 0 Å². The number of ether oxygens (including phenoxy) is 1. The monoisotopic (exact) mass is 188 g/mol. The summed E-state index contributed by atoms with van der Waals surface area (Å²) in [4.78, 5) is 13.0. The van der Waals surface area contributed by atoms with Crippen LogP contribution in [0.2, 0.25) is 0 Å².